The largest absolute Gasteiger partial charge is 0.438 e. The van der Waals surface area contributed by atoms with E-state index in [1.165, 1.54) is 50.2 Å². The highest BCUT2D eigenvalue weighted by Gasteiger charge is 2.44. The molecule has 1 aromatic carbocycles. The number of halogens is 1. The van der Waals surface area contributed by atoms with Gasteiger partial charge < -0.3 is 9.47 Å². The van der Waals surface area contributed by atoms with Gasteiger partial charge in [0.25, 0.3) is 0 Å². The van der Waals surface area contributed by atoms with Gasteiger partial charge in [-0.05, 0) is 42.5 Å². The molecule has 0 bridgehead atoms. The van der Waals surface area contributed by atoms with Crippen molar-refractivity contribution in [1.82, 2.24) is 0 Å². The van der Waals surface area contributed by atoms with Crippen molar-refractivity contribution in [1.29, 1.82) is 0 Å². The number of benzene rings is 1. The van der Waals surface area contributed by atoms with E-state index in [4.69, 9.17) is 21.1 Å². The zero-order valence-corrected chi connectivity index (χ0v) is 19.7. The second-order valence-electron chi connectivity index (χ2n) is 8.57. The Morgan fingerprint density at radius 2 is 1.71 bits per heavy atom. The lowest BCUT2D eigenvalue weighted by Gasteiger charge is -2.31. The number of hydrogen-bond acceptors (Lipinski definition) is 4. The van der Waals surface area contributed by atoms with Gasteiger partial charge in [0.15, 0.2) is 0 Å². The lowest BCUT2D eigenvalue weighted by Crippen LogP contribution is -2.42. The van der Waals surface area contributed by atoms with Crippen LogP contribution in [0.4, 0.5) is 0 Å². The number of esters is 2. The number of carbonyl (C=O) groups excluding carboxylic acids is 2. The third-order valence-electron chi connectivity index (χ3n) is 5.22. The molecule has 0 fully saturated rings. The molecule has 4 nitrogen and oxygen atoms in total. The standard InChI is InChI=1S/C26H35ClO4/c1-4-5-6-7-8-9-12-21-14-16-22(17-15-21)30-25(29)23-13-10-11-18-26(23,27)31-24(28)19-20(2)3/h10-11,13-18,20,23H,4-9,12,19H2,1-3H3. The molecule has 170 valence electrons. The second-order valence-corrected chi connectivity index (χ2v) is 9.17. The van der Waals surface area contributed by atoms with E-state index in [1.807, 2.05) is 26.0 Å². The Labute approximate surface area is 191 Å². The van der Waals surface area contributed by atoms with E-state index in [-0.39, 0.29) is 12.3 Å². The summed E-state index contributed by atoms with van der Waals surface area (Å²) in [5.41, 5.74) is 1.23. The zero-order chi connectivity index (χ0) is 22.7. The van der Waals surface area contributed by atoms with Crippen LogP contribution in [0.3, 0.4) is 0 Å². The highest BCUT2D eigenvalue weighted by atomic mass is 35.5. The van der Waals surface area contributed by atoms with Crippen LogP contribution >= 0.6 is 11.6 Å². The number of carbonyl (C=O) groups is 2. The van der Waals surface area contributed by atoms with Gasteiger partial charge in [0.1, 0.15) is 11.7 Å². The second kappa shape index (κ2) is 12.7. The molecule has 0 N–H and O–H groups in total. The third kappa shape index (κ3) is 8.53. The molecule has 2 atom stereocenters. The average molecular weight is 447 g/mol. The van der Waals surface area contributed by atoms with Crippen LogP contribution in [0.5, 0.6) is 5.75 Å². The summed E-state index contributed by atoms with van der Waals surface area (Å²) >= 11 is 6.53. The van der Waals surface area contributed by atoms with Gasteiger partial charge >= 0.3 is 11.9 Å². The number of aryl methyl sites for hydroxylation is 1. The molecule has 0 saturated heterocycles. The van der Waals surface area contributed by atoms with Crippen molar-refractivity contribution < 1.29 is 19.1 Å². The van der Waals surface area contributed by atoms with Gasteiger partial charge in [-0.1, -0.05) is 94.8 Å². The maximum atomic E-state index is 12.8. The van der Waals surface area contributed by atoms with Gasteiger partial charge in [0.2, 0.25) is 5.06 Å². The first-order valence-corrected chi connectivity index (χ1v) is 11.8. The number of unbranched alkanes of at least 4 members (excludes halogenated alkanes) is 5. The first kappa shape index (κ1) is 25.2. The van der Waals surface area contributed by atoms with Crippen LogP contribution in [0.1, 0.15) is 71.3 Å². The van der Waals surface area contributed by atoms with Crippen LogP contribution in [0.25, 0.3) is 0 Å². The van der Waals surface area contributed by atoms with Crippen molar-refractivity contribution in [2.24, 2.45) is 11.8 Å². The molecule has 0 aromatic heterocycles. The van der Waals surface area contributed by atoms with Crippen LogP contribution in [0, 0.1) is 11.8 Å². The molecule has 0 heterocycles. The van der Waals surface area contributed by atoms with Crippen LogP contribution in [0.2, 0.25) is 0 Å². The summed E-state index contributed by atoms with van der Waals surface area (Å²) in [6, 6.07) is 7.57. The maximum absolute atomic E-state index is 12.8. The molecule has 1 aromatic rings. The Morgan fingerprint density at radius 3 is 2.39 bits per heavy atom. The molecule has 31 heavy (non-hydrogen) atoms. The molecule has 2 unspecified atom stereocenters. The average Bonchev–Trinajstić information content (AvgIpc) is 2.71. The Balaban J connectivity index is 1.90. The van der Waals surface area contributed by atoms with Crippen molar-refractivity contribution in [3.8, 4) is 5.75 Å². The van der Waals surface area contributed by atoms with Gasteiger partial charge in [-0.15, -0.1) is 0 Å². The van der Waals surface area contributed by atoms with Crippen LogP contribution in [0.15, 0.2) is 48.6 Å². The number of allylic oxidation sites excluding steroid dienone is 2. The summed E-state index contributed by atoms with van der Waals surface area (Å²) < 4.78 is 11.0. The van der Waals surface area contributed by atoms with Crippen LogP contribution < -0.4 is 4.74 Å². The van der Waals surface area contributed by atoms with E-state index in [1.54, 1.807) is 30.4 Å². The molecular weight excluding hydrogens is 412 g/mol. The number of hydrogen-bond donors (Lipinski definition) is 0. The minimum Gasteiger partial charge on any atom is -0.438 e. The fraction of sp³-hybridized carbons (Fsp3) is 0.538. The first-order valence-electron chi connectivity index (χ1n) is 11.4. The van der Waals surface area contributed by atoms with Gasteiger partial charge in [-0.2, -0.15) is 0 Å². The predicted octanol–water partition coefficient (Wildman–Crippen LogP) is 6.76. The molecule has 0 amide bonds. The zero-order valence-electron chi connectivity index (χ0n) is 18.9. The van der Waals surface area contributed by atoms with E-state index in [0.717, 1.165) is 6.42 Å². The summed E-state index contributed by atoms with van der Waals surface area (Å²) in [6.45, 7) is 6.06. The normalized spacial score (nSPS) is 20.1. The highest BCUT2D eigenvalue weighted by molar-refractivity contribution is 6.26. The Kier molecular flexibility index (Phi) is 10.3. The van der Waals surface area contributed by atoms with Crippen LogP contribution in [-0.4, -0.2) is 17.0 Å². The first-order chi connectivity index (χ1) is 14.8. The summed E-state index contributed by atoms with van der Waals surface area (Å²) in [5.74, 6) is -1.33. The SMILES string of the molecule is CCCCCCCCc1ccc(OC(=O)C2C=CC=CC2(Cl)OC(=O)CC(C)C)cc1. The minimum atomic E-state index is -1.57. The van der Waals surface area contributed by atoms with Crippen molar-refractivity contribution in [3.05, 3.63) is 54.1 Å². The summed E-state index contributed by atoms with van der Waals surface area (Å²) in [7, 11) is 0. The Bertz CT molecular complexity index is 766. The molecule has 2 rings (SSSR count). The minimum absolute atomic E-state index is 0.135. The summed E-state index contributed by atoms with van der Waals surface area (Å²) in [6.07, 6.45) is 15.3. The number of rotatable bonds is 12. The molecule has 0 spiro atoms. The quantitative estimate of drug-likeness (QED) is 0.154. The predicted molar refractivity (Wildman–Crippen MR) is 125 cm³/mol. The van der Waals surface area contributed by atoms with Crippen molar-refractivity contribution in [2.45, 2.75) is 77.2 Å². The van der Waals surface area contributed by atoms with Gasteiger partial charge in [-0.3, -0.25) is 9.59 Å². The molecule has 0 aliphatic heterocycles. The molecule has 0 radical (unpaired) electrons. The third-order valence-corrected chi connectivity index (χ3v) is 5.66. The Hall–Kier alpha value is -2.07. The smallest absolute Gasteiger partial charge is 0.324 e. The number of ether oxygens (including phenoxy) is 2. The fourth-order valence-corrected chi connectivity index (χ4v) is 3.82. The highest BCUT2D eigenvalue weighted by Crippen LogP contribution is 2.35. The lowest BCUT2D eigenvalue weighted by molar-refractivity contribution is -0.156. The Morgan fingerprint density at radius 1 is 1.03 bits per heavy atom. The monoisotopic (exact) mass is 446 g/mol. The molecular formula is C26H35ClO4. The molecule has 5 heteroatoms. The van der Waals surface area contributed by atoms with E-state index in [0.29, 0.717) is 5.75 Å². The maximum Gasteiger partial charge on any atom is 0.324 e. The topological polar surface area (TPSA) is 52.6 Å². The lowest BCUT2D eigenvalue weighted by atomic mass is 9.96. The fourth-order valence-electron chi connectivity index (χ4n) is 3.50. The van der Waals surface area contributed by atoms with E-state index in [9.17, 15) is 9.59 Å². The molecule has 0 saturated carbocycles. The van der Waals surface area contributed by atoms with Gasteiger partial charge in [-0.25, -0.2) is 0 Å². The molecule has 1 aliphatic carbocycles. The van der Waals surface area contributed by atoms with Crippen molar-refractivity contribution in [3.63, 3.8) is 0 Å². The molecule has 1 aliphatic rings. The van der Waals surface area contributed by atoms with E-state index >= 15 is 0 Å². The summed E-state index contributed by atoms with van der Waals surface area (Å²) in [4.78, 5) is 24.9. The van der Waals surface area contributed by atoms with Crippen molar-refractivity contribution in [2.75, 3.05) is 0 Å². The van der Waals surface area contributed by atoms with E-state index < -0.39 is 22.9 Å². The number of alkyl halides is 1. The van der Waals surface area contributed by atoms with E-state index in [2.05, 4.69) is 6.92 Å². The van der Waals surface area contributed by atoms with Crippen molar-refractivity contribution >= 4 is 23.5 Å². The summed E-state index contributed by atoms with van der Waals surface area (Å²) in [5, 5.41) is -1.57. The van der Waals surface area contributed by atoms with Gasteiger partial charge in [0.05, 0.1) is 0 Å². The van der Waals surface area contributed by atoms with Gasteiger partial charge in [0, 0.05) is 6.42 Å². The van der Waals surface area contributed by atoms with Crippen LogP contribution in [-0.2, 0) is 20.7 Å².